The van der Waals surface area contributed by atoms with E-state index in [0.717, 1.165) is 13.0 Å². The van der Waals surface area contributed by atoms with Crippen molar-refractivity contribution in [2.24, 2.45) is 5.92 Å². The van der Waals surface area contributed by atoms with Crippen LogP contribution in [0.3, 0.4) is 0 Å². The summed E-state index contributed by atoms with van der Waals surface area (Å²) in [6.45, 7) is 5.51. The van der Waals surface area contributed by atoms with E-state index in [-0.39, 0.29) is 18.4 Å². The summed E-state index contributed by atoms with van der Waals surface area (Å²) in [6, 6.07) is 0.00685. The molecule has 0 rings (SSSR count). The quantitative estimate of drug-likeness (QED) is 0.620. The van der Waals surface area contributed by atoms with Gasteiger partial charge in [-0.2, -0.15) is 0 Å². The first-order chi connectivity index (χ1) is 6.61. The highest BCUT2D eigenvalue weighted by Gasteiger charge is 2.19. The maximum absolute atomic E-state index is 10.6. The average Bonchev–Trinajstić information content (AvgIpc) is 2.12. The van der Waals surface area contributed by atoms with E-state index in [4.69, 9.17) is 9.84 Å². The van der Waals surface area contributed by atoms with Gasteiger partial charge in [-0.3, -0.25) is 4.79 Å². The van der Waals surface area contributed by atoms with Gasteiger partial charge in [-0.15, -0.1) is 0 Å². The van der Waals surface area contributed by atoms with Crippen LogP contribution in [-0.2, 0) is 9.53 Å². The summed E-state index contributed by atoms with van der Waals surface area (Å²) in [5.41, 5.74) is 0. The Morgan fingerprint density at radius 2 is 2.21 bits per heavy atom. The van der Waals surface area contributed by atoms with E-state index in [0.29, 0.717) is 6.61 Å². The van der Waals surface area contributed by atoms with E-state index < -0.39 is 5.97 Å². The molecule has 2 atom stereocenters. The first-order valence-electron chi connectivity index (χ1n) is 5.05. The van der Waals surface area contributed by atoms with E-state index in [1.54, 1.807) is 7.11 Å². The molecule has 4 heteroatoms. The Hall–Kier alpha value is -0.610. The van der Waals surface area contributed by atoms with Crippen molar-refractivity contribution in [3.8, 4) is 0 Å². The lowest BCUT2D eigenvalue weighted by atomic mass is 9.99. The molecular weight excluding hydrogens is 182 g/mol. The van der Waals surface area contributed by atoms with Crippen LogP contribution in [0, 0.1) is 5.92 Å². The standard InChI is InChI=1S/C10H21NO3/c1-4-5-11-9(6-10(12)13)8(2)7-14-3/h8-9,11H,4-7H2,1-3H3,(H,12,13). The lowest BCUT2D eigenvalue weighted by Crippen LogP contribution is -2.39. The second-order valence-corrected chi connectivity index (χ2v) is 3.59. The molecule has 2 unspecified atom stereocenters. The summed E-state index contributed by atoms with van der Waals surface area (Å²) in [7, 11) is 1.63. The van der Waals surface area contributed by atoms with Crippen molar-refractivity contribution >= 4 is 5.97 Å². The number of carboxylic acid groups (broad SMARTS) is 1. The fraction of sp³-hybridized carbons (Fsp3) is 0.900. The van der Waals surface area contributed by atoms with Gasteiger partial charge < -0.3 is 15.2 Å². The van der Waals surface area contributed by atoms with Gasteiger partial charge in [-0.25, -0.2) is 0 Å². The van der Waals surface area contributed by atoms with Gasteiger partial charge in [-0.05, 0) is 18.9 Å². The minimum atomic E-state index is -0.762. The molecule has 0 bridgehead atoms. The summed E-state index contributed by atoms with van der Waals surface area (Å²) in [5, 5.41) is 11.9. The van der Waals surface area contributed by atoms with Crippen molar-refractivity contribution in [1.82, 2.24) is 5.32 Å². The van der Waals surface area contributed by atoms with Crippen molar-refractivity contribution in [2.45, 2.75) is 32.7 Å². The molecule has 0 fully saturated rings. The molecule has 0 aliphatic rings. The number of aliphatic carboxylic acids is 1. The first-order valence-corrected chi connectivity index (χ1v) is 5.05. The number of carboxylic acids is 1. The summed E-state index contributed by atoms with van der Waals surface area (Å²) >= 11 is 0. The summed E-state index contributed by atoms with van der Waals surface area (Å²) in [4.78, 5) is 10.6. The molecule has 4 nitrogen and oxygen atoms in total. The first kappa shape index (κ1) is 13.4. The number of hydrogen-bond donors (Lipinski definition) is 2. The average molecular weight is 203 g/mol. The third-order valence-electron chi connectivity index (χ3n) is 2.17. The molecule has 0 aromatic carbocycles. The zero-order valence-electron chi connectivity index (χ0n) is 9.25. The molecule has 0 heterocycles. The molecule has 0 aliphatic heterocycles. The summed E-state index contributed by atoms with van der Waals surface area (Å²) in [5.74, 6) is -0.538. The van der Waals surface area contributed by atoms with Crippen molar-refractivity contribution in [2.75, 3.05) is 20.3 Å². The van der Waals surface area contributed by atoms with Gasteiger partial charge in [0.1, 0.15) is 0 Å². The highest BCUT2D eigenvalue weighted by Crippen LogP contribution is 2.07. The monoisotopic (exact) mass is 203 g/mol. The van der Waals surface area contributed by atoms with Gasteiger partial charge in [0.2, 0.25) is 0 Å². The maximum atomic E-state index is 10.6. The fourth-order valence-corrected chi connectivity index (χ4v) is 1.37. The highest BCUT2D eigenvalue weighted by atomic mass is 16.5. The van der Waals surface area contributed by atoms with Crippen LogP contribution in [0.25, 0.3) is 0 Å². The minimum absolute atomic E-state index is 0.00685. The summed E-state index contributed by atoms with van der Waals surface area (Å²) < 4.78 is 5.01. The fourth-order valence-electron chi connectivity index (χ4n) is 1.37. The van der Waals surface area contributed by atoms with Gasteiger partial charge in [0.15, 0.2) is 0 Å². The van der Waals surface area contributed by atoms with Crippen LogP contribution in [0.5, 0.6) is 0 Å². The SMILES string of the molecule is CCCNC(CC(=O)O)C(C)COC. The van der Waals surface area contributed by atoms with E-state index in [2.05, 4.69) is 12.2 Å². The van der Waals surface area contributed by atoms with E-state index in [9.17, 15) is 4.79 Å². The number of nitrogens with one attached hydrogen (secondary N) is 1. The molecule has 0 radical (unpaired) electrons. The molecule has 0 amide bonds. The number of rotatable bonds is 8. The molecule has 0 aromatic rings. The minimum Gasteiger partial charge on any atom is -0.481 e. The topological polar surface area (TPSA) is 58.6 Å². The Morgan fingerprint density at radius 3 is 2.64 bits per heavy atom. The molecule has 84 valence electrons. The maximum Gasteiger partial charge on any atom is 0.304 e. The third kappa shape index (κ3) is 5.94. The molecule has 14 heavy (non-hydrogen) atoms. The van der Waals surface area contributed by atoms with Gasteiger partial charge in [0.25, 0.3) is 0 Å². The number of methoxy groups -OCH3 is 1. The van der Waals surface area contributed by atoms with Crippen LogP contribution in [0.4, 0.5) is 0 Å². The van der Waals surface area contributed by atoms with E-state index in [1.165, 1.54) is 0 Å². The molecular formula is C10H21NO3. The highest BCUT2D eigenvalue weighted by molar-refractivity contribution is 5.67. The zero-order valence-corrected chi connectivity index (χ0v) is 9.25. The number of ether oxygens (including phenoxy) is 1. The Labute approximate surface area is 85.6 Å². The predicted molar refractivity (Wildman–Crippen MR) is 55.4 cm³/mol. The normalized spacial score (nSPS) is 15.1. The lowest BCUT2D eigenvalue weighted by Gasteiger charge is -2.23. The Morgan fingerprint density at radius 1 is 1.57 bits per heavy atom. The van der Waals surface area contributed by atoms with Crippen molar-refractivity contribution in [3.05, 3.63) is 0 Å². The van der Waals surface area contributed by atoms with Gasteiger partial charge in [0, 0.05) is 13.2 Å². The van der Waals surface area contributed by atoms with Crippen molar-refractivity contribution < 1.29 is 14.6 Å². The van der Waals surface area contributed by atoms with Crippen LogP contribution in [0.2, 0.25) is 0 Å². The lowest BCUT2D eigenvalue weighted by molar-refractivity contribution is -0.138. The third-order valence-corrected chi connectivity index (χ3v) is 2.17. The Bertz CT molecular complexity index is 161. The van der Waals surface area contributed by atoms with E-state index in [1.807, 2.05) is 6.92 Å². The molecule has 0 aromatic heterocycles. The smallest absolute Gasteiger partial charge is 0.304 e. The van der Waals surface area contributed by atoms with Crippen LogP contribution in [0.15, 0.2) is 0 Å². The molecule has 0 saturated carbocycles. The van der Waals surface area contributed by atoms with E-state index >= 15 is 0 Å². The van der Waals surface area contributed by atoms with Crippen molar-refractivity contribution in [3.63, 3.8) is 0 Å². The van der Waals surface area contributed by atoms with Crippen LogP contribution < -0.4 is 5.32 Å². The Balaban J connectivity index is 4.00. The van der Waals surface area contributed by atoms with Crippen LogP contribution in [0.1, 0.15) is 26.7 Å². The zero-order chi connectivity index (χ0) is 11.0. The largest absolute Gasteiger partial charge is 0.481 e. The Kier molecular flexibility index (Phi) is 7.42. The second-order valence-electron chi connectivity index (χ2n) is 3.59. The van der Waals surface area contributed by atoms with Crippen molar-refractivity contribution in [1.29, 1.82) is 0 Å². The van der Waals surface area contributed by atoms with Crippen LogP contribution >= 0.6 is 0 Å². The number of carbonyl (C=O) groups is 1. The van der Waals surface area contributed by atoms with Gasteiger partial charge >= 0.3 is 5.97 Å². The predicted octanol–water partition coefficient (Wildman–Crippen LogP) is 1.11. The second kappa shape index (κ2) is 7.76. The molecule has 0 spiro atoms. The van der Waals surface area contributed by atoms with Gasteiger partial charge in [0.05, 0.1) is 13.0 Å². The summed E-state index contributed by atoms with van der Waals surface area (Å²) in [6.07, 6.45) is 1.17. The van der Waals surface area contributed by atoms with Crippen LogP contribution in [-0.4, -0.2) is 37.4 Å². The molecule has 0 aliphatic carbocycles. The molecule has 0 saturated heterocycles. The van der Waals surface area contributed by atoms with Gasteiger partial charge in [-0.1, -0.05) is 13.8 Å². The number of hydrogen-bond acceptors (Lipinski definition) is 3. The molecule has 2 N–H and O–H groups in total.